The van der Waals surface area contributed by atoms with Crippen LogP contribution in [-0.2, 0) is 14.4 Å². The maximum atomic E-state index is 12.1. The molecule has 1 aliphatic heterocycles. The molecule has 0 radical (unpaired) electrons. The molecule has 2 heterocycles. The van der Waals surface area contributed by atoms with E-state index >= 15 is 0 Å². The Balaban J connectivity index is 1.54. The van der Waals surface area contributed by atoms with Gasteiger partial charge in [0.25, 0.3) is 0 Å². The topological polar surface area (TPSA) is 91.7 Å². The van der Waals surface area contributed by atoms with E-state index in [1.54, 1.807) is 18.2 Å². The van der Waals surface area contributed by atoms with Gasteiger partial charge >= 0.3 is 0 Å². The molecule has 1 atom stereocenters. The highest BCUT2D eigenvalue weighted by molar-refractivity contribution is 5.91. The van der Waals surface area contributed by atoms with E-state index in [1.807, 2.05) is 4.90 Å². The molecule has 0 saturated carbocycles. The highest BCUT2D eigenvalue weighted by atomic mass is 16.3. The molecular weight excluding hydrogens is 334 g/mol. The maximum Gasteiger partial charge on any atom is 0.244 e. The van der Waals surface area contributed by atoms with Crippen molar-refractivity contribution in [3.05, 3.63) is 30.2 Å². The Kier molecular flexibility index (Phi) is 7.92. The second kappa shape index (κ2) is 10.4. The van der Waals surface area contributed by atoms with Gasteiger partial charge in [-0.05, 0) is 37.0 Å². The number of furan rings is 1. The number of piperidine rings is 1. The number of rotatable bonds is 8. The van der Waals surface area contributed by atoms with Gasteiger partial charge in [-0.3, -0.25) is 14.4 Å². The average Bonchev–Trinajstić information content (AvgIpc) is 3.13. The van der Waals surface area contributed by atoms with Crippen LogP contribution in [0.1, 0.15) is 38.4 Å². The zero-order valence-electron chi connectivity index (χ0n) is 15.2. The first kappa shape index (κ1) is 19.8. The van der Waals surface area contributed by atoms with Crippen molar-refractivity contribution >= 4 is 23.8 Å². The zero-order valence-corrected chi connectivity index (χ0v) is 15.2. The Bertz CT molecular complexity index is 625. The van der Waals surface area contributed by atoms with Crippen molar-refractivity contribution < 1.29 is 18.8 Å². The lowest BCUT2D eigenvalue weighted by Gasteiger charge is -2.31. The first-order chi connectivity index (χ1) is 12.5. The fraction of sp³-hybridized carbons (Fsp3) is 0.526. The van der Waals surface area contributed by atoms with Crippen molar-refractivity contribution in [2.24, 2.45) is 5.92 Å². The van der Waals surface area contributed by atoms with E-state index in [4.69, 9.17) is 4.42 Å². The fourth-order valence-corrected chi connectivity index (χ4v) is 2.87. The molecule has 0 aliphatic carbocycles. The van der Waals surface area contributed by atoms with Gasteiger partial charge in [-0.1, -0.05) is 6.92 Å². The van der Waals surface area contributed by atoms with E-state index in [0.29, 0.717) is 24.6 Å². The molecule has 0 bridgehead atoms. The second-order valence-corrected chi connectivity index (χ2v) is 6.58. The predicted molar refractivity (Wildman–Crippen MR) is 98.0 cm³/mol. The fourth-order valence-electron chi connectivity index (χ4n) is 2.87. The minimum absolute atomic E-state index is 0.0909. The predicted octanol–water partition coefficient (Wildman–Crippen LogP) is 1.56. The SMILES string of the molecule is CC1CCCN(C(=O)CCNC(=O)CCNC(=O)/C=C/c2ccco2)C1. The number of hydrogen-bond acceptors (Lipinski definition) is 4. The molecule has 1 aliphatic rings. The molecule has 3 amide bonds. The molecule has 7 nitrogen and oxygen atoms in total. The standard InChI is InChI=1S/C19H27N3O4/c1-15-4-2-12-22(14-15)19(25)9-11-21-18(24)8-10-20-17(23)7-6-16-5-3-13-26-16/h3,5-7,13,15H,2,4,8-12,14H2,1H3,(H,20,23)(H,21,24)/b7-6+. The summed E-state index contributed by atoms with van der Waals surface area (Å²) in [5, 5.41) is 5.35. The molecule has 7 heteroatoms. The molecule has 2 N–H and O–H groups in total. The Hall–Kier alpha value is -2.57. The summed E-state index contributed by atoms with van der Waals surface area (Å²) in [4.78, 5) is 37.3. The van der Waals surface area contributed by atoms with Crippen molar-refractivity contribution in [2.45, 2.75) is 32.6 Å². The molecule has 1 aromatic heterocycles. The van der Waals surface area contributed by atoms with Crippen LogP contribution in [0.5, 0.6) is 0 Å². The maximum absolute atomic E-state index is 12.1. The van der Waals surface area contributed by atoms with E-state index in [0.717, 1.165) is 19.5 Å². The summed E-state index contributed by atoms with van der Waals surface area (Å²) in [6.45, 7) is 4.35. The quantitative estimate of drug-likeness (QED) is 0.688. The lowest BCUT2D eigenvalue weighted by Crippen LogP contribution is -2.40. The van der Waals surface area contributed by atoms with Crippen molar-refractivity contribution in [1.82, 2.24) is 15.5 Å². The first-order valence-electron chi connectivity index (χ1n) is 9.08. The van der Waals surface area contributed by atoms with E-state index in [-0.39, 0.29) is 30.7 Å². The molecular formula is C19H27N3O4. The van der Waals surface area contributed by atoms with Gasteiger partial charge in [0.1, 0.15) is 5.76 Å². The third-order valence-electron chi connectivity index (χ3n) is 4.26. The van der Waals surface area contributed by atoms with E-state index < -0.39 is 0 Å². The number of nitrogens with zero attached hydrogens (tertiary/aromatic N) is 1. The summed E-state index contributed by atoms with van der Waals surface area (Å²) in [5.41, 5.74) is 0. The third kappa shape index (κ3) is 7.13. The van der Waals surface area contributed by atoms with Crippen LogP contribution in [0.15, 0.2) is 28.9 Å². The molecule has 142 valence electrons. The minimum atomic E-state index is -0.288. The number of nitrogens with one attached hydrogen (secondary N) is 2. The van der Waals surface area contributed by atoms with Crippen LogP contribution in [0.25, 0.3) is 6.08 Å². The minimum Gasteiger partial charge on any atom is -0.465 e. The normalized spacial score (nSPS) is 17.3. The number of carbonyl (C=O) groups excluding carboxylic acids is 3. The summed E-state index contributed by atoms with van der Waals surface area (Å²) < 4.78 is 5.08. The molecule has 1 saturated heterocycles. The van der Waals surface area contributed by atoms with Gasteiger partial charge in [-0.2, -0.15) is 0 Å². The number of carbonyl (C=O) groups is 3. The highest BCUT2D eigenvalue weighted by Crippen LogP contribution is 2.15. The summed E-state index contributed by atoms with van der Waals surface area (Å²) in [5.74, 6) is 0.760. The summed E-state index contributed by atoms with van der Waals surface area (Å²) in [6.07, 6.45) is 7.15. The first-order valence-corrected chi connectivity index (χ1v) is 9.08. The van der Waals surface area contributed by atoms with Crippen LogP contribution in [0.4, 0.5) is 0 Å². The number of amides is 3. The largest absolute Gasteiger partial charge is 0.465 e. The van der Waals surface area contributed by atoms with Crippen molar-refractivity contribution in [3.63, 3.8) is 0 Å². The monoisotopic (exact) mass is 361 g/mol. The number of hydrogen-bond donors (Lipinski definition) is 2. The third-order valence-corrected chi connectivity index (χ3v) is 4.26. The molecule has 26 heavy (non-hydrogen) atoms. The van der Waals surface area contributed by atoms with Crippen LogP contribution in [0, 0.1) is 5.92 Å². The molecule has 0 aromatic carbocycles. The molecule has 2 rings (SSSR count). The van der Waals surface area contributed by atoms with Gasteiger partial charge in [-0.15, -0.1) is 0 Å². The Labute approximate surface area is 153 Å². The van der Waals surface area contributed by atoms with Gasteiger partial charge in [-0.25, -0.2) is 0 Å². The average molecular weight is 361 g/mol. The molecule has 1 unspecified atom stereocenters. The van der Waals surface area contributed by atoms with Gasteiger partial charge in [0.15, 0.2) is 0 Å². The smallest absolute Gasteiger partial charge is 0.244 e. The van der Waals surface area contributed by atoms with Crippen molar-refractivity contribution in [1.29, 1.82) is 0 Å². The van der Waals surface area contributed by atoms with Gasteiger partial charge in [0.05, 0.1) is 6.26 Å². The Morgan fingerprint density at radius 2 is 2.08 bits per heavy atom. The number of likely N-dealkylation sites (tertiary alicyclic amines) is 1. The van der Waals surface area contributed by atoms with Crippen molar-refractivity contribution in [2.75, 3.05) is 26.2 Å². The van der Waals surface area contributed by atoms with Crippen LogP contribution < -0.4 is 10.6 Å². The molecule has 1 fully saturated rings. The summed E-state index contributed by atoms with van der Waals surface area (Å²) >= 11 is 0. The van der Waals surface area contributed by atoms with Gasteiger partial charge in [0.2, 0.25) is 17.7 Å². The van der Waals surface area contributed by atoms with Crippen LogP contribution in [-0.4, -0.2) is 48.8 Å². The lowest BCUT2D eigenvalue weighted by atomic mass is 10.00. The summed E-state index contributed by atoms with van der Waals surface area (Å²) in [7, 11) is 0. The second-order valence-electron chi connectivity index (χ2n) is 6.58. The summed E-state index contributed by atoms with van der Waals surface area (Å²) in [6, 6.07) is 3.47. The van der Waals surface area contributed by atoms with E-state index in [1.165, 1.54) is 18.8 Å². The van der Waals surface area contributed by atoms with E-state index in [9.17, 15) is 14.4 Å². The molecule has 1 aromatic rings. The van der Waals surface area contributed by atoms with Crippen LogP contribution in [0.3, 0.4) is 0 Å². The van der Waals surface area contributed by atoms with Crippen LogP contribution in [0.2, 0.25) is 0 Å². The van der Waals surface area contributed by atoms with Crippen LogP contribution >= 0.6 is 0 Å². The van der Waals surface area contributed by atoms with Crippen molar-refractivity contribution in [3.8, 4) is 0 Å². The Morgan fingerprint density at radius 1 is 1.27 bits per heavy atom. The lowest BCUT2D eigenvalue weighted by molar-refractivity contribution is -0.132. The highest BCUT2D eigenvalue weighted by Gasteiger charge is 2.20. The van der Waals surface area contributed by atoms with Gasteiger partial charge in [0, 0.05) is 45.1 Å². The molecule has 0 spiro atoms. The van der Waals surface area contributed by atoms with E-state index in [2.05, 4.69) is 17.6 Å². The zero-order chi connectivity index (χ0) is 18.8. The Morgan fingerprint density at radius 3 is 2.81 bits per heavy atom. The van der Waals surface area contributed by atoms with Gasteiger partial charge < -0.3 is 20.0 Å².